The predicted molar refractivity (Wildman–Crippen MR) is 165 cm³/mol. The lowest BCUT2D eigenvalue weighted by Crippen LogP contribution is -2.44. The predicted octanol–water partition coefficient (Wildman–Crippen LogP) is 7.20. The summed E-state index contributed by atoms with van der Waals surface area (Å²) in [7, 11) is 1.60. The van der Waals surface area contributed by atoms with Gasteiger partial charge in [0, 0.05) is 47.8 Å². The monoisotopic (exact) mass is 649 g/mol. The molecule has 40 heavy (non-hydrogen) atoms. The number of hydrogen-bond acceptors (Lipinski definition) is 5. The number of ether oxygens (including phenoxy) is 2. The Morgan fingerprint density at radius 3 is 2.05 bits per heavy atom. The number of rotatable bonds is 6. The first-order valence-corrected chi connectivity index (χ1v) is 14.8. The van der Waals surface area contributed by atoms with Gasteiger partial charge in [-0.15, -0.1) is 6.42 Å². The highest BCUT2D eigenvalue weighted by molar-refractivity contribution is 14.1. The minimum absolute atomic E-state index is 0.111. The van der Waals surface area contributed by atoms with E-state index in [1.807, 2.05) is 30.3 Å². The number of carbonyl (C=O) groups is 2. The minimum atomic E-state index is -0.451. The first-order valence-electron chi connectivity index (χ1n) is 13.7. The van der Waals surface area contributed by atoms with Crippen LogP contribution in [0.4, 0.5) is 0 Å². The van der Waals surface area contributed by atoms with Crippen LogP contribution in [0, 0.1) is 26.7 Å². The molecule has 0 radical (unpaired) electrons. The van der Waals surface area contributed by atoms with Gasteiger partial charge in [-0.3, -0.25) is 9.59 Å². The molecule has 2 aliphatic carbocycles. The first kappa shape index (κ1) is 28.5. The summed E-state index contributed by atoms with van der Waals surface area (Å²) in [4.78, 5) is 30.5. The van der Waals surface area contributed by atoms with Gasteiger partial charge in [0.25, 0.3) is 0 Å². The minimum Gasteiger partial charge on any atom is -0.493 e. The molecule has 3 aliphatic rings. The summed E-state index contributed by atoms with van der Waals surface area (Å²) in [5.74, 6) is 3.39. The normalized spacial score (nSPS) is 20.2. The van der Waals surface area contributed by atoms with Gasteiger partial charge in [-0.2, -0.15) is 0 Å². The highest BCUT2D eigenvalue weighted by Crippen LogP contribution is 2.55. The molecule has 1 heterocycles. The number of benzene rings is 2. The Balaban J connectivity index is 1.76. The van der Waals surface area contributed by atoms with Gasteiger partial charge >= 0.3 is 0 Å². The van der Waals surface area contributed by atoms with E-state index in [1.54, 1.807) is 7.11 Å². The van der Waals surface area contributed by atoms with Gasteiger partial charge < -0.3 is 14.4 Å². The third kappa shape index (κ3) is 5.33. The van der Waals surface area contributed by atoms with Crippen LogP contribution in [-0.4, -0.2) is 30.2 Å². The molecular weight excluding hydrogens is 613 g/mol. The lowest BCUT2D eigenvalue weighted by Gasteiger charge is -2.49. The zero-order valence-corrected chi connectivity index (χ0v) is 26.1. The molecule has 0 N–H and O–H groups in total. The fourth-order valence-electron chi connectivity index (χ4n) is 6.50. The number of terminal acetylenes is 1. The van der Waals surface area contributed by atoms with Crippen molar-refractivity contribution in [3.63, 3.8) is 0 Å². The summed E-state index contributed by atoms with van der Waals surface area (Å²) in [5, 5.41) is 0. The second kappa shape index (κ2) is 10.7. The molecule has 0 saturated heterocycles. The lowest BCUT2D eigenvalue weighted by molar-refractivity contribution is -0.119. The highest BCUT2D eigenvalue weighted by Gasteiger charge is 2.49. The van der Waals surface area contributed by atoms with Gasteiger partial charge in [0.2, 0.25) is 0 Å². The molecule has 0 unspecified atom stereocenters. The van der Waals surface area contributed by atoms with E-state index in [2.05, 4.69) is 73.2 Å². The molecule has 208 valence electrons. The van der Waals surface area contributed by atoms with E-state index >= 15 is 0 Å². The SMILES string of the molecule is C#CCOc1c(I)cc(C2C3=C(CC(C)(C)CC3=O)N(Cc3ccccc3)C3=C2C(=O)CC(C)(C)C3)cc1OC. The van der Waals surface area contributed by atoms with E-state index in [4.69, 9.17) is 15.9 Å². The van der Waals surface area contributed by atoms with Crippen molar-refractivity contribution in [2.24, 2.45) is 10.8 Å². The smallest absolute Gasteiger partial charge is 0.175 e. The zero-order chi connectivity index (χ0) is 28.8. The van der Waals surface area contributed by atoms with Gasteiger partial charge in [-0.1, -0.05) is 63.9 Å². The quantitative estimate of drug-likeness (QED) is 0.245. The van der Waals surface area contributed by atoms with Gasteiger partial charge in [-0.05, 0) is 69.5 Å². The highest BCUT2D eigenvalue weighted by atomic mass is 127. The van der Waals surface area contributed by atoms with E-state index < -0.39 is 5.92 Å². The number of ketones is 2. The molecule has 0 aromatic heterocycles. The molecule has 2 aromatic carbocycles. The molecule has 2 aromatic rings. The van der Waals surface area contributed by atoms with Crippen LogP contribution in [0.2, 0.25) is 0 Å². The summed E-state index contributed by atoms with van der Waals surface area (Å²) >= 11 is 2.22. The molecule has 0 bridgehead atoms. The molecule has 0 amide bonds. The third-order valence-corrected chi connectivity index (χ3v) is 8.89. The fourth-order valence-corrected chi connectivity index (χ4v) is 7.28. The van der Waals surface area contributed by atoms with Crippen LogP contribution in [0.1, 0.15) is 70.4 Å². The van der Waals surface area contributed by atoms with Gasteiger partial charge in [0.1, 0.15) is 6.61 Å². The second-order valence-electron chi connectivity index (χ2n) is 12.6. The van der Waals surface area contributed by atoms with Crippen molar-refractivity contribution in [1.82, 2.24) is 4.90 Å². The van der Waals surface area contributed by atoms with Crippen molar-refractivity contribution >= 4 is 34.2 Å². The lowest BCUT2D eigenvalue weighted by atomic mass is 9.63. The van der Waals surface area contributed by atoms with Crippen molar-refractivity contribution in [3.8, 4) is 23.8 Å². The van der Waals surface area contributed by atoms with Crippen LogP contribution in [0.25, 0.3) is 0 Å². The Labute approximate surface area is 251 Å². The topological polar surface area (TPSA) is 55.8 Å². The third-order valence-electron chi connectivity index (χ3n) is 8.09. The van der Waals surface area contributed by atoms with E-state index in [0.717, 1.165) is 50.1 Å². The number of allylic oxidation sites excluding steroid dienone is 4. The molecule has 0 spiro atoms. The van der Waals surface area contributed by atoms with Crippen molar-refractivity contribution in [1.29, 1.82) is 0 Å². The summed E-state index contributed by atoms with van der Waals surface area (Å²) in [6.07, 6.45) is 7.86. The Morgan fingerprint density at radius 2 is 1.52 bits per heavy atom. The van der Waals surface area contributed by atoms with Gasteiger partial charge in [0.05, 0.1) is 10.7 Å². The first-order chi connectivity index (χ1) is 18.9. The number of methoxy groups -OCH3 is 1. The summed E-state index contributed by atoms with van der Waals surface area (Å²) < 4.78 is 12.4. The number of Topliss-reactive ketones (excluding diaryl/α,β-unsaturated/α-hetero) is 2. The van der Waals surface area contributed by atoms with Gasteiger partial charge in [-0.25, -0.2) is 0 Å². The van der Waals surface area contributed by atoms with Crippen molar-refractivity contribution in [3.05, 3.63) is 79.7 Å². The number of halogens is 1. The van der Waals surface area contributed by atoms with E-state index in [0.29, 0.717) is 30.9 Å². The Kier molecular flexibility index (Phi) is 7.64. The Hall–Kier alpha value is -3.05. The Bertz CT molecular complexity index is 1420. The van der Waals surface area contributed by atoms with Crippen LogP contribution < -0.4 is 9.47 Å². The maximum Gasteiger partial charge on any atom is 0.175 e. The van der Waals surface area contributed by atoms with Crippen molar-refractivity contribution in [2.45, 2.75) is 65.8 Å². The number of hydrogen-bond donors (Lipinski definition) is 0. The summed E-state index contributed by atoms with van der Waals surface area (Å²) in [6.45, 7) is 9.39. The number of carbonyl (C=O) groups excluding carboxylic acids is 2. The van der Waals surface area contributed by atoms with Gasteiger partial charge in [0.15, 0.2) is 23.1 Å². The largest absolute Gasteiger partial charge is 0.493 e. The van der Waals surface area contributed by atoms with Crippen LogP contribution in [0.5, 0.6) is 11.5 Å². The van der Waals surface area contributed by atoms with Crippen LogP contribution in [0.15, 0.2) is 65.0 Å². The standard InChI is InChI=1S/C34H36INO4/c1-7-13-40-32-23(35)14-22(15-28(32)39-6)29-30-24(16-33(2,3)18-26(30)37)36(20-21-11-9-8-10-12-21)25-17-34(4,5)19-27(38)31(25)29/h1,8-12,14-15,29H,13,16-20H2,2-6H3. The molecule has 0 fully saturated rings. The summed E-state index contributed by atoms with van der Waals surface area (Å²) in [5.41, 5.74) is 5.24. The average Bonchev–Trinajstić information content (AvgIpc) is 2.87. The fraction of sp³-hybridized carbons (Fsp3) is 0.412. The number of nitrogens with zero attached hydrogens (tertiary/aromatic N) is 1. The van der Waals surface area contributed by atoms with Crippen LogP contribution >= 0.6 is 22.6 Å². The van der Waals surface area contributed by atoms with Crippen LogP contribution in [0.3, 0.4) is 0 Å². The molecule has 0 atom stereocenters. The average molecular weight is 650 g/mol. The van der Waals surface area contributed by atoms with Crippen molar-refractivity contribution in [2.75, 3.05) is 13.7 Å². The maximum atomic E-state index is 14.1. The molecule has 1 aliphatic heterocycles. The second-order valence-corrected chi connectivity index (χ2v) is 13.8. The zero-order valence-electron chi connectivity index (χ0n) is 23.9. The Morgan fingerprint density at radius 1 is 0.950 bits per heavy atom. The molecule has 0 saturated carbocycles. The summed E-state index contributed by atoms with van der Waals surface area (Å²) in [6, 6.07) is 14.2. The van der Waals surface area contributed by atoms with E-state index in [-0.39, 0.29) is 29.0 Å². The molecule has 5 rings (SSSR count). The van der Waals surface area contributed by atoms with Crippen LogP contribution in [-0.2, 0) is 16.1 Å². The molecule has 6 heteroatoms. The van der Waals surface area contributed by atoms with E-state index in [1.165, 1.54) is 0 Å². The molecular formula is C34H36INO4. The maximum absolute atomic E-state index is 14.1. The van der Waals surface area contributed by atoms with E-state index in [9.17, 15) is 9.59 Å². The van der Waals surface area contributed by atoms with Crippen molar-refractivity contribution < 1.29 is 19.1 Å². The molecule has 5 nitrogen and oxygen atoms in total.